The van der Waals surface area contributed by atoms with Crippen molar-refractivity contribution in [1.29, 1.82) is 0 Å². The number of amides is 2. The fourth-order valence-electron chi connectivity index (χ4n) is 2.12. The third kappa shape index (κ3) is 2.82. The van der Waals surface area contributed by atoms with Crippen LogP contribution in [0, 0.1) is 0 Å². The van der Waals surface area contributed by atoms with Crippen LogP contribution in [0.15, 0.2) is 22.8 Å². The molecule has 1 fully saturated rings. The highest BCUT2D eigenvalue weighted by Gasteiger charge is 2.33. The summed E-state index contributed by atoms with van der Waals surface area (Å²) < 4.78 is 5.14. The number of urea groups is 1. The second-order valence-corrected chi connectivity index (χ2v) is 4.25. The van der Waals surface area contributed by atoms with Gasteiger partial charge >= 0.3 is 12.0 Å². The molecule has 1 saturated heterocycles. The van der Waals surface area contributed by atoms with Crippen molar-refractivity contribution >= 4 is 12.0 Å². The lowest BCUT2D eigenvalue weighted by Crippen LogP contribution is -2.46. The number of carboxylic acid groups (broad SMARTS) is 1. The summed E-state index contributed by atoms with van der Waals surface area (Å²) in [7, 11) is 0. The normalized spacial score (nSPS) is 18.9. The monoisotopic (exact) mass is 252 g/mol. The van der Waals surface area contributed by atoms with Crippen molar-refractivity contribution in [3.8, 4) is 0 Å². The molecular weight excluding hydrogens is 236 g/mol. The number of hydrogen-bond acceptors (Lipinski definition) is 3. The van der Waals surface area contributed by atoms with Crippen molar-refractivity contribution in [1.82, 2.24) is 10.2 Å². The van der Waals surface area contributed by atoms with Gasteiger partial charge in [-0.05, 0) is 25.0 Å². The molecule has 1 unspecified atom stereocenters. The van der Waals surface area contributed by atoms with Crippen molar-refractivity contribution < 1.29 is 19.1 Å². The number of rotatable bonds is 4. The van der Waals surface area contributed by atoms with Gasteiger partial charge in [0.1, 0.15) is 11.8 Å². The first kappa shape index (κ1) is 12.5. The molecule has 98 valence electrons. The van der Waals surface area contributed by atoms with Crippen LogP contribution < -0.4 is 5.32 Å². The van der Waals surface area contributed by atoms with Crippen LogP contribution in [-0.2, 0) is 11.2 Å². The van der Waals surface area contributed by atoms with E-state index in [4.69, 9.17) is 9.52 Å². The Morgan fingerprint density at radius 2 is 2.39 bits per heavy atom. The molecule has 6 heteroatoms. The first-order valence-electron chi connectivity index (χ1n) is 5.98. The summed E-state index contributed by atoms with van der Waals surface area (Å²) in [5.41, 5.74) is 0. The molecule has 0 radical (unpaired) electrons. The van der Waals surface area contributed by atoms with E-state index in [1.807, 2.05) is 6.07 Å². The Morgan fingerprint density at radius 1 is 1.56 bits per heavy atom. The maximum atomic E-state index is 11.8. The summed E-state index contributed by atoms with van der Waals surface area (Å²) in [6, 6.07) is 2.63. The van der Waals surface area contributed by atoms with Crippen molar-refractivity contribution in [2.75, 3.05) is 13.1 Å². The number of nitrogens with one attached hydrogen (secondary N) is 1. The van der Waals surface area contributed by atoms with E-state index < -0.39 is 12.0 Å². The highest BCUT2D eigenvalue weighted by atomic mass is 16.4. The number of carboxylic acids is 1. The number of nitrogens with zero attached hydrogens (tertiary/aromatic N) is 1. The molecular formula is C12H16N2O4. The summed E-state index contributed by atoms with van der Waals surface area (Å²) in [5.74, 6) is -0.139. The Morgan fingerprint density at radius 3 is 3.06 bits per heavy atom. The predicted octanol–water partition coefficient (Wildman–Crippen LogP) is 1.08. The standard InChI is InChI=1S/C12H16N2O4/c15-11(16)10-4-1-7-14(10)12(17)13-6-5-9-3-2-8-18-9/h2-3,8,10H,1,4-7H2,(H,13,17)(H,15,16). The molecule has 2 heterocycles. The third-order valence-electron chi connectivity index (χ3n) is 3.03. The van der Waals surface area contributed by atoms with Crippen LogP contribution in [-0.4, -0.2) is 41.1 Å². The lowest BCUT2D eigenvalue weighted by Gasteiger charge is -2.21. The summed E-state index contributed by atoms with van der Waals surface area (Å²) in [5, 5.41) is 11.7. The van der Waals surface area contributed by atoms with Crippen LogP contribution in [0.1, 0.15) is 18.6 Å². The van der Waals surface area contributed by atoms with Crippen molar-refractivity contribution in [3.05, 3.63) is 24.2 Å². The summed E-state index contributed by atoms with van der Waals surface area (Å²) >= 11 is 0. The van der Waals surface area contributed by atoms with Crippen LogP contribution in [0.25, 0.3) is 0 Å². The van der Waals surface area contributed by atoms with Gasteiger partial charge in [0, 0.05) is 19.5 Å². The Hall–Kier alpha value is -1.98. The summed E-state index contributed by atoms with van der Waals surface area (Å²) in [6.45, 7) is 0.943. The zero-order valence-corrected chi connectivity index (χ0v) is 9.96. The van der Waals surface area contributed by atoms with Crippen LogP contribution >= 0.6 is 0 Å². The number of carbonyl (C=O) groups is 2. The van der Waals surface area contributed by atoms with Gasteiger partial charge in [0.25, 0.3) is 0 Å². The smallest absolute Gasteiger partial charge is 0.326 e. The van der Waals surface area contributed by atoms with Crippen LogP contribution in [0.4, 0.5) is 4.79 Å². The predicted molar refractivity (Wildman–Crippen MR) is 63.2 cm³/mol. The molecule has 1 aromatic rings. The van der Waals surface area contributed by atoms with E-state index in [2.05, 4.69) is 5.32 Å². The number of furan rings is 1. The van der Waals surface area contributed by atoms with Gasteiger partial charge in [-0.1, -0.05) is 0 Å². The quantitative estimate of drug-likeness (QED) is 0.840. The second kappa shape index (κ2) is 5.57. The first-order chi connectivity index (χ1) is 8.68. The molecule has 1 aliphatic heterocycles. The zero-order valence-electron chi connectivity index (χ0n) is 9.96. The Kier molecular flexibility index (Phi) is 3.86. The van der Waals surface area contributed by atoms with Crippen LogP contribution in [0.2, 0.25) is 0 Å². The van der Waals surface area contributed by atoms with E-state index in [0.29, 0.717) is 25.9 Å². The topological polar surface area (TPSA) is 82.8 Å². The SMILES string of the molecule is O=C(O)C1CCCN1C(=O)NCCc1ccco1. The van der Waals surface area contributed by atoms with E-state index in [1.165, 1.54) is 4.90 Å². The molecule has 2 rings (SSSR count). The second-order valence-electron chi connectivity index (χ2n) is 4.25. The molecule has 0 bridgehead atoms. The Labute approximate surface area is 105 Å². The number of carbonyl (C=O) groups excluding carboxylic acids is 1. The Bertz CT molecular complexity index is 416. The first-order valence-corrected chi connectivity index (χ1v) is 5.98. The molecule has 0 saturated carbocycles. The number of aliphatic carboxylic acids is 1. The van der Waals surface area contributed by atoms with Gasteiger partial charge in [0.05, 0.1) is 6.26 Å². The average Bonchev–Trinajstić information content (AvgIpc) is 2.99. The average molecular weight is 252 g/mol. The molecule has 2 amide bonds. The van der Waals surface area contributed by atoms with E-state index in [1.54, 1.807) is 12.3 Å². The highest BCUT2D eigenvalue weighted by Crippen LogP contribution is 2.17. The minimum atomic E-state index is -0.936. The van der Waals surface area contributed by atoms with E-state index in [9.17, 15) is 9.59 Å². The lowest BCUT2D eigenvalue weighted by molar-refractivity contribution is -0.141. The van der Waals surface area contributed by atoms with E-state index >= 15 is 0 Å². The van der Waals surface area contributed by atoms with Crippen LogP contribution in [0.5, 0.6) is 0 Å². The van der Waals surface area contributed by atoms with Gasteiger partial charge in [-0.2, -0.15) is 0 Å². The van der Waals surface area contributed by atoms with Crippen molar-refractivity contribution in [2.24, 2.45) is 0 Å². The molecule has 1 aliphatic rings. The molecule has 18 heavy (non-hydrogen) atoms. The van der Waals surface area contributed by atoms with E-state index in [0.717, 1.165) is 12.2 Å². The van der Waals surface area contributed by atoms with Gasteiger partial charge in [0.2, 0.25) is 0 Å². The lowest BCUT2D eigenvalue weighted by atomic mass is 10.2. The maximum absolute atomic E-state index is 11.8. The van der Waals surface area contributed by atoms with E-state index in [-0.39, 0.29) is 6.03 Å². The third-order valence-corrected chi connectivity index (χ3v) is 3.03. The molecule has 1 atom stereocenters. The van der Waals surface area contributed by atoms with Gasteiger partial charge in [-0.15, -0.1) is 0 Å². The number of likely N-dealkylation sites (tertiary alicyclic amines) is 1. The van der Waals surface area contributed by atoms with Gasteiger partial charge in [0.15, 0.2) is 0 Å². The Balaban J connectivity index is 1.79. The summed E-state index contributed by atoms with van der Waals surface area (Å²) in [4.78, 5) is 24.1. The zero-order chi connectivity index (χ0) is 13.0. The summed E-state index contributed by atoms with van der Waals surface area (Å²) in [6.07, 6.45) is 3.45. The van der Waals surface area contributed by atoms with Gasteiger partial charge in [-0.3, -0.25) is 0 Å². The van der Waals surface area contributed by atoms with Gasteiger partial charge in [-0.25, -0.2) is 9.59 Å². The largest absolute Gasteiger partial charge is 0.480 e. The molecule has 0 spiro atoms. The molecule has 2 N–H and O–H groups in total. The maximum Gasteiger partial charge on any atom is 0.326 e. The molecule has 0 aliphatic carbocycles. The minimum Gasteiger partial charge on any atom is -0.480 e. The van der Waals surface area contributed by atoms with Crippen molar-refractivity contribution in [2.45, 2.75) is 25.3 Å². The fourth-order valence-corrected chi connectivity index (χ4v) is 2.12. The number of hydrogen-bond donors (Lipinski definition) is 2. The molecule has 0 aromatic carbocycles. The van der Waals surface area contributed by atoms with Crippen LogP contribution in [0.3, 0.4) is 0 Å². The minimum absolute atomic E-state index is 0.313. The molecule has 6 nitrogen and oxygen atoms in total. The highest BCUT2D eigenvalue weighted by molar-refractivity contribution is 5.83. The van der Waals surface area contributed by atoms with Gasteiger partial charge < -0.3 is 19.7 Å². The fraction of sp³-hybridized carbons (Fsp3) is 0.500. The van der Waals surface area contributed by atoms with Crippen molar-refractivity contribution in [3.63, 3.8) is 0 Å². The molecule has 1 aromatic heterocycles.